The summed E-state index contributed by atoms with van der Waals surface area (Å²) in [7, 11) is 0. The largest absolute Gasteiger partial charge is 0.0958 e. The fourth-order valence-corrected chi connectivity index (χ4v) is 6.63. The maximum absolute atomic E-state index is 4.38. The molecular weight excluding hydrogens is 468 g/mol. The van der Waals surface area contributed by atoms with Gasteiger partial charge in [-0.15, -0.1) is 0 Å². The van der Waals surface area contributed by atoms with Gasteiger partial charge in [0.25, 0.3) is 0 Å². The molecule has 0 amide bonds. The highest BCUT2D eigenvalue weighted by molar-refractivity contribution is 5.82. The minimum absolute atomic E-state index is 0.351. The van der Waals surface area contributed by atoms with E-state index in [0.29, 0.717) is 17.8 Å². The van der Waals surface area contributed by atoms with Gasteiger partial charge in [0, 0.05) is 11.8 Å². The minimum atomic E-state index is 0.351. The van der Waals surface area contributed by atoms with E-state index in [1.807, 2.05) is 0 Å². The molecule has 0 bridgehead atoms. The summed E-state index contributed by atoms with van der Waals surface area (Å²) < 4.78 is 0. The van der Waals surface area contributed by atoms with Gasteiger partial charge < -0.3 is 0 Å². The van der Waals surface area contributed by atoms with E-state index >= 15 is 0 Å². The van der Waals surface area contributed by atoms with Gasteiger partial charge >= 0.3 is 0 Å². The van der Waals surface area contributed by atoms with Crippen LogP contribution in [-0.4, -0.2) is 0 Å². The lowest BCUT2D eigenvalue weighted by molar-refractivity contribution is 0.678. The van der Waals surface area contributed by atoms with Gasteiger partial charge in [0.05, 0.1) is 0 Å². The normalized spacial score (nSPS) is 21.4. The van der Waals surface area contributed by atoms with Gasteiger partial charge in [0.1, 0.15) is 0 Å². The van der Waals surface area contributed by atoms with Crippen LogP contribution in [0.1, 0.15) is 76.5 Å². The standard InChI is InChI=1S/C39H42/c1-7-13-27(5)31-23-32(28(6)14-8-2)25-33(24-31)29-19-21-30(22-20-29)39-36-17-11-9-15-34(36)38(26(3)4)35-16-10-12-18-37(35)39/h7,9-19,21,23-25,27,34,36H,3,8,20,22H2,1-2,4-6H3. The van der Waals surface area contributed by atoms with Crippen LogP contribution in [0.4, 0.5) is 0 Å². The van der Waals surface area contributed by atoms with E-state index in [-0.39, 0.29) is 0 Å². The van der Waals surface area contributed by atoms with Gasteiger partial charge in [-0.3, -0.25) is 0 Å². The van der Waals surface area contributed by atoms with E-state index in [1.54, 1.807) is 0 Å². The molecule has 198 valence electrons. The Balaban J connectivity index is 1.63. The van der Waals surface area contributed by atoms with E-state index < -0.39 is 0 Å². The summed E-state index contributed by atoms with van der Waals surface area (Å²) in [5, 5.41) is 2.73. The monoisotopic (exact) mass is 510 g/mol. The van der Waals surface area contributed by atoms with Gasteiger partial charge in [-0.05, 0) is 107 Å². The molecule has 2 aromatic carbocycles. The highest BCUT2D eigenvalue weighted by Gasteiger charge is 2.32. The van der Waals surface area contributed by atoms with Gasteiger partial charge in [-0.2, -0.15) is 0 Å². The van der Waals surface area contributed by atoms with Crippen molar-refractivity contribution in [1.29, 1.82) is 0 Å². The molecule has 0 spiro atoms. The molecule has 0 aromatic heterocycles. The lowest BCUT2D eigenvalue weighted by Crippen LogP contribution is -2.40. The predicted molar refractivity (Wildman–Crippen MR) is 171 cm³/mol. The maximum Gasteiger partial charge on any atom is 0.0134 e. The lowest BCUT2D eigenvalue weighted by atomic mass is 9.69. The Morgan fingerprint density at radius 1 is 0.949 bits per heavy atom. The van der Waals surface area contributed by atoms with Crippen molar-refractivity contribution in [2.24, 2.45) is 11.8 Å². The third kappa shape index (κ3) is 5.30. The van der Waals surface area contributed by atoms with Gasteiger partial charge in [0.15, 0.2) is 0 Å². The molecule has 2 aromatic rings. The first-order valence-electron chi connectivity index (χ1n) is 14.6. The molecule has 3 atom stereocenters. The third-order valence-electron chi connectivity index (χ3n) is 8.56. The topological polar surface area (TPSA) is 0 Å². The molecule has 0 radical (unpaired) electrons. The molecule has 0 heterocycles. The Kier molecular flexibility index (Phi) is 8.03. The van der Waals surface area contributed by atoms with Crippen molar-refractivity contribution >= 4 is 22.3 Å². The number of hydrogen-bond donors (Lipinski definition) is 0. The SMILES string of the molecule is C=C(C)C1=c2ccccc2=C(C2=CC=C(c3cc(C(C)=CCC)cc(C(C)C=CC)c3)CC2)C2C=CC=CC12. The molecule has 3 aliphatic rings. The van der Waals surface area contributed by atoms with Crippen LogP contribution in [-0.2, 0) is 0 Å². The second-order valence-electron chi connectivity index (χ2n) is 11.3. The summed E-state index contributed by atoms with van der Waals surface area (Å²) >= 11 is 0. The summed E-state index contributed by atoms with van der Waals surface area (Å²) in [4.78, 5) is 0. The fraction of sp³-hybridized carbons (Fsp3) is 0.282. The van der Waals surface area contributed by atoms with E-state index in [4.69, 9.17) is 0 Å². The molecule has 0 heteroatoms. The van der Waals surface area contributed by atoms with E-state index in [1.165, 1.54) is 60.6 Å². The number of allylic oxidation sites excluding steroid dienone is 13. The Morgan fingerprint density at radius 3 is 2.31 bits per heavy atom. The predicted octanol–water partition coefficient (Wildman–Crippen LogP) is 9.23. The zero-order valence-corrected chi connectivity index (χ0v) is 24.3. The molecular formula is C39H42. The van der Waals surface area contributed by atoms with E-state index in [2.05, 4.69) is 138 Å². The number of rotatable bonds is 7. The molecule has 0 nitrogen and oxygen atoms in total. The lowest BCUT2D eigenvalue weighted by Gasteiger charge is -2.34. The first kappa shape index (κ1) is 26.9. The van der Waals surface area contributed by atoms with Crippen LogP contribution in [0.5, 0.6) is 0 Å². The van der Waals surface area contributed by atoms with Crippen molar-refractivity contribution < 1.29 is 0 Å². The van der Waals surface area contributed by atoms with Crippen molar-refractivity contribution in [2.75, 3.05) is 0 Å². The Morgan fingerprint density at radius 2 is 1.64 bits per heavy atom. The van der Waals surface area contributed by atoms with Crippen LogP contribution in [0, 0.1) is 11.8 Å². The zero-order valence-electron chi connectivity index (χ0n) is 24.3. The van der Waals surface area contributed by atoms with Crippen molar-refractivity contribution in [1.82, 2.24) is 0 Å². The number of benzene rings is 2. The molecule has 5 rings (SSSR count). The highest BCUT2D eigenvalue weighted by atomic mass is 14.4. The van der Waals surface area contributed by atoms with Crippen molar-refractivity contribution in [3.05, 3.63) is 142 Å². The average molecular weight is 511 g/mol. The first-order chi connectivity index (χ1) is 18.9. The molecule has 0 saturated carbocycles. The van der Waals surface area contributed by atoms with Crippen LogP contribution in [0.3, 0.4) is 0 Å². The van der Waals surface area contributed by atoms with Crippen molar-refractivity contribution in [3.8, 4) is 0 Å². The summed E-state index contributed by atoms with van der Waals surface area (Å²) in [6, 6.07) is 16.2. The van der Waals surface area contributed by atoms with Crippen molar-refractivity contribution in [3.63, 3.8) is 0 Å². The molecule has 0 saturated heterocycles. The van der Waals surface area contributed by atoms with Gasteiger partial charge in [-0.25, -0.2) is 0 Å². The van der Waals surface area contributed by atoms with Crippen LogP contribution in [0.25, 0.3) is 22.3 Å². The van der Waals surface area contributed by atoms with Crippen LogP contribution < -0.4 is 10.4 Å². The van der Waals surface area contributed by atoms with Gasteiger partial charge in [-0.1, -0.05) is 117 Å². The van der Waals surface area contributed by atoms with Crippen LogP contribution >= 0.6 is 0 Å². The summed E-state index contributed by atoms with van der Waals surface area (Å²) in [5.41, 5.74) is 12.4. The fourth-order valence-electron chi connectivity index (χ4n) is 6.63. The smallest absolute Gasteiger partial charge is 0.0134 e. The Hall–Kier alpha value is -3.64. The number of fused-ring (bicyclic) bond motifs is 2. The molecule has 0 aliphatic heterocycles. The quantitative estimate of drug-likeness (QED) is 0.326. The average Bonchev–Trinajstić information content (AvgIpc) is 2.95. The molecule has 0 N–H and O–H groups in total. The third-order valence-corrected chi connectivity index (χ3v) is 8.56. The molecule has 3 unspecified atom stereocenters. The molecule has 39 heavy (non-hydrogen) atoms. The van der Waals surface area contributed by atoms with E-state index in [9.17, 15) is 0 Å². The van der Waals surface area contributed by atoms with E-state index in [0.717, 1.165) is 19.3 Å². The number of hydrogen-bond acceptors (Lipinski definition) is 0. The summed E-state index contributed by atoms with van der Waals surface area (Å²) in [6.45, 7) is 15.4. The first-order valence-corrected chi connectivity index (χ1v) is 14.6. The Bertz CT molecular complexity index is 1590. The maximum atomic E-state index is 4.38. The summed E-state index contributed by atoms with van der Waals surface area (Å²) in [6.07, 6.45) is 24.0. The molecule has 0 fully saturated rings. The van der Waals surface area contributed by atoms with Crippen molar-refractivity contribution in [2.45, 2.75) is 59.8 Å². The van der Waals surface area contributed by atoms with Crippen LogP contribution in [0.2, 0.25) is 0 Å². The summed E-state index contributed by atoms with van der Waals surface area (Å²) in [5.74, 6) is 1.11. The second-order valence-corrected chi connectivity index (χ2v) is 11.3. The Labute approximate surface area is 235 Å². The van der Waals surface area contributed by atoms with Gasteiger partial charge in [0.2, 0.25) is 0 Å². The second kappa shape index (κ2) is 11.6. The zero-order chi connectivity index (χ0) is 27.5. The highest BCUT2D eigenvalue weighted by Crippen LogP contribution is 2.43. The minimum Gasteiger partial charge on any atom is -0.0958 e. The molecule has 3 aliphatic carbocycles. The van der Waals surface area contributed by atoms with Crippen LogP contribution in [0.15, 0.2) is 115 Å².